The molecule has 2 unspecified atom stereocenters. The minimum Gasteiger partial charge on any atom is -0.316 e. The molecule has 1 saturated heterocycles. The lowest BCUT2D eigenvalue weighted by atomic mass is 10.0. The van der Waals surface area contributed by atoms with Crippen molar-refractivity contribution in [3.05, 3.63) is 0 Å². The van der Waals surface area contributed by atoms with Crippen molar-refractivity contribution in [3.8, 4) is 0 Å². The molecule has 1 aliphatic rings. The van der Waals surface area contributed by atoms with Crippen molar-refractivity contribution in [2.45, 2.75) is 44.8 Å². The molecule has 0 saturated carbocycles. The standard InChI is InChI=1S/C7H16N2/c1-2-6-4-3-5-7(8)9-6/h6-7,9H,2-5,8H2,1H3. The normalized spacial score (nSPS) is 36.7. The predicted octanol–water partition coefficient (Wildman–Crippen LogP) is 0.823. The van der Waals surface area contributed by atoms with Crippen molar-refractivity contribution in [1.82, 2.24) is 5.32 Å². The van der Waals surface area contributed by atoms with Gasteiger partial charge in [0.25, 0.3) is 0 Å². The highest BCUT2D eigenvalue weighted by Crippen LogP contribution is 2.11. The summed E-state index contributed by atoms with van der Waals surface area (Å²) < 4.78 is 0. The second kappa shape index (κ2) is 3.18. The van der Waals surface area contributed by atoms with Gasteiger partial charge in [0.05, 0.1) is 6.17 Å². The van der Waals surface area contributed by atoms with E-state index in [1.807, 2.05) is 0 Å². The fourth-order valence-corrected chi connectivity index (χ4v) is 1.38. The second-order valence-corrected chi connectivity index (χ2v) is 2.81. The van der Waals surface area contributed by atoms with E-state index in [0.717, 1.165) is 6.42 Å². The van der Waals surface area contributed by atoms with Crippen molar-refractivity contribution < 1.29 is 0 Å². The zero-order chi connectivity index (χ0) is 6.69. The fraction of sp³-hybridized carbons (Fsp3) is 1.00. The third kappa shape index (κ3) is 1.95. The quantitative estimate of drug-likeness (QED) is 0.548. The van der Waals surface area contributed by atoms with Crippen LogP contribution in [0.5, 0.6) is 0 Å². The molecule has 0 spiro atoms. The number of nitrogens with two attached hydrogens (primary N) is 1. The van der Waals surface area contributed by atoms with Crippen LogP contribution in [0, 0.1) is 0 Å². The Morgan fingerprint density at radius 2 is 2.33 bits per heavy atom. The van der Waals surface area contributed by atoms with Crippen LogP contribution >= 0.6 is 0 Å². The Labute approximate surface area is 56.8 Å². The molecule has 0 amide bonds. The lowest BCUT2D eigenvalue weighted by Crippen LogP contribution is -2.47. The number of hydrogen-bond donors (Lipinski definition) is 2. The zero-order valence-corrected chi connectivity index (χ0v) is 6.06. The van der Waals surface area contributed by atoms with E-state index in [2.05, 4.69) is 12.2 Å². The average molecular weight is 128 g/mol. The summed E-state index contributed by atoms with van der Waals surface area (Å²) in [5.74, 6) is 0. The van der Waals surface area contributed by atoms with E-state index in [1.165, 1.54) is 19.3 Å². The van der Waals surface area contributed by atoms with Crippen LogP contribution in [-0.2, 0) is 0 Å². The maximum Gasteiger partial charge on any atom is 0.0548 e. The lowest BCUT2D eigenvalue weighted by molar-refractivity contribution is 0.319. The molecule has 0 bridgehead atoms. The number of piperidine rings is 1. The molecule has 9 heavy (non-hydrogen) atoms. The van der Waals surface area contributed by atoms with Crippen LogP contribution < -0.4 is 11.1 Å². The second-order valence-electron chi connectivity index (χ2n) is 2.81. The van der Waals surface area contributed by atoms with Gasteiger partial charge in [0.15, 0.2) is 0 Å². The number of nitrogens with one attached hydrogen (secondary N) is 1. The van der Waals surface area contributed by atoms with Gasteiger partial charge in [-0.15, -0.1) is 0 Å². The van der Waals surface area contributed by atoms with Crippen LogP contribution in [0.15, 0.2) is 0 Å². The van der Waals surface area contributed by atoms with E-state index in [1.54, 1.807) is 0 Å². The van der Waals surface area contributed by atoms with Gasteiger partial charge in [-0.05, 0) is 25.7 Å². The van der Waals surface area contributed by atoms with Crippen LogP contribution in [-0.4, -0.2) is 12.2 Å². The van der Waals surface area contributed by atoms with Gasteiger partial charge in [-0.1, -0.05) is 6.92 Å². The molecule has 0 aromatic carbocycles. The molecule has 0 radical (unpaired) electrons. The molecule has 1 aliphatic heterocycles. The van der Waals surface area contributed by atoms with Gasteiger partial charge < -0.3 is 5.73 Å². The van der Waals surface area contributed by atoms with Gasteiger partial charge in [-0.3, -0.25) is 5.32 Å². The summed E-state index contributed by atoms with van der Waals surface area (Å²) in [6, 6.07) is 0.689. The van der Waals surface area contributed by atoms with Crippen molar-refractivity contribution in [2.75, 3.05) is 0 Å². The van der Waals surface area contributed by atoms with Crippen molar-refractivity contribution in [3.63, 3.8) is 0 Å². The summed E-state index contributed by atoms with van der Waals surface area (Å²) in [6.07, 6.45) is 5.24. The van der Waals surface area contributed by atoms with Crippen LogP contribution in [0.4, 0.5) is 0 Å². The summed E-state index contributed by atoms with van der Waals surface area (Å²) in [7, 11) is 0. The van der Waals surface area contributed by atoms with Crippen LogP contribution in [0.25, 0.3) is 0 Å². The largest absolute Gasteiger partial charge is 0.316 e. The van der Waals surface area contributed by atoms with E-state index >= 15 is 0 Å². The molecule has 2 atom stereocenters. The molecule has 54 valence electrons. The van der Waals surface area contributed by atoms with Gasteiger partial charge >= 0.3 is 0 Å². The molecule has 3 N–H and O–H groups in total. The monoisotopic (exact) mass is 128 g/mol. The lowest BCUT2D eigenvalue weighted by Gasteiger charge is -2.27. The van der Waals surface area contributed by atoms with Crippen LogP contribution in [0.1, 0.15) is 32.6 Å². The fourth-order valence-electron chi connectivity index (χ4n) is 1.38. The highest BCUT2D eigenvalue weighted by atomic mass is 15.1. The van der Waals surface area contributed by atoms with E-state index in [4.69, 9.17) is 5.73 Å². The predicted molar refractivity (Wildman–Crippen MR) is 39.0 cm³/mol. The molecule has 1 rings (SSSR count). The van der Waals surface area contributed by atoms with Gasteiger partial charge in [-0.2, -0.15) is 0 Å². The topological polar surface area (TPSA) is 38.0 Å². The first-order valence-electron chi connectivity index (χ1n) is 3.84. The zero-order valence-electron chi connectivity index (χ0n) is 6.06. The smallest absolute Gasteiger partial charge is 0.0548 e. The Balaban J connectivity index is 2.23. The first-order chi connectivity index (χ1) is 4.33. The number of hydrogen-bond acceptors (Lipinski definition) is 2. The van der Waals surface area contributed by atoms with Crippen LogP contribution in [0.3, 0.4) is 0 Å². The average Bonchev–Trinajstić information content (AvgIpc) is 1.88. The van der Waals surface area contributed by atoms with Crippen molar-refractivity contribution in [1.29, 1.82) is 0 Å². The SMILES string of the molecule is CCC1CCCC(N)N1. The Morgan fingerprint density at radius 3 is 2.78 bits per heavy atom. The molecule has 0 aromatic rings. The van der Waals surface area contributed by atoms with Crippen molar-refractivity contribution in [2.24, 2.45) is 5.73 Å². The summed E-state index contributed by atoms with van der Waals surface area (Å²) in [5, 5.41) is 3.34. The Bertz CT molecular complexity index is 83.0. The molecule has 2 nitrogen and oxygen atoms in total. The molecular formula is C7H16N2. The highest BCUT2D eigenvalue weighted by molar-refractivity contribution is 4.75. The van der Waals surface area contributed by atoms with Gasteiger partial charge in [0, 0.05) is 6.04 Å². The summed E-state index contributed by atoms with van der Waals surface area (Å²) >= 11 is 0. The van der Waals surface area contributed by atoms with E-state index in [-0.39, 0.29) is 6.17 Å². The third-order valence-electron chi connectivity index (χ3n) is 2.01. The number of rotatable bonds is 1. The molecule has 0 aromatic heterocycles. The Morgan fingerprint density at radius 1 is 1.56 bits per heavy atom. The first kappa shape index (κ1) is 7.03. The summed E-state index contributed by atoms with van der Waals surface area (Å²) in [4.78, 5) is 0. The van der Waals surface area contributed by atoms with Crippen LogP contribution in [0.2, 0.25) is 0 Å². The molecule has 2 heteroatoms. The third-order valence-corrected chi connectivity index (χ3v) is 2.01. The molecule has 0 aliphatic carbocycles. The minimum absolute atomic E-state index is 0.267. The maximum absolute atomic E-state index is 5.69. The van der Waals surface area contributed by atoms with E-state index in [0.29, 0.717) is 6.04 Å². The Hall–Kier alpha value is -0.0800. The molecule has 1 fully saturated rings. The van der Waals surface area contributed by atoms with E-state index in [9.17, 15) is 0 Å². The summed E-state index contributed by atoms with van der Waals surface area (Å²) in [6.45, 7) is 2.20. The first-order valence-corrected chi connectivity index (χ1v) is 3.84. The highest BCUT2D eigenvalue weighted by Gasteiger charge is 2.15. The van der Waals surface area contributed by atoms with Crippen molar-refractivity contribution >= 4 is 0 Å². The maximum atomic E-state index is 5.69. The van der Waals surface area contributed by atoms with Gasteiger partial charge in [-0.25, -0.2) is 0 Å². The summed E-state index contributed by atoms with van der Waals surface area (Å²) in [5.41, 5.74) is 5.69. The van der Waals surface area contributed by atoms with Gasteiger partial charge in [0.1, 0.15) is 0 Å². The minimum atomic E-state index is 0.267. The van der Waals surface area contributed by atoms with E-state index < -0.39 is 0 Å². The Kier molecular flexibility index (Phi) is 2.49. The van der Waals surface area contributed by atoms with Gasteiger partial charge in [0.2, 0.25) is 0 Å². The molecule has 1 heterocycles. The molecular weight excluding hydrogens is 112 g/mol.